The SMILES string of the molecule is C[C@@H]1CN(C2CCN(C(=O)[C@@H]3Cc4ccccc4CN3)CC2)CCO1. The van der Waals surface area contributed by atoms with Crippen molar-refractivity contribution in [3.05, 3.63) is 35.4 Å². The smallest absolute Gasteiger partial charge is 0.240 e. The van der Waals surface area contributed by atoms with Crippen molar-refractivity contribution in [1.82, 2.24) is 15.1 Å². The van der Waals surface area contributed by atoms with Crippen molar-refractivity contribution >= 4 is 5.91 Å². The molecule has 5 heteroatoms. The van der Waals surface area contributed by atoms with Gasteiger partial charge in [-0.2, -0.15) is 0 Å². The van der Waals surface area contributed by atoms with Crippen molar-refractivity contribution in [3.8, 4) is 0 Å². The third-order valence-electron chi connectivity index (χ3n) is 5.94. The molecular formula is C20H29N3O2. The van der Waals surface area contributed by atoms with Gasteiger partial charge in [0.15, 0.2) is 0 Å². The topological polar surface area (TPSA) is 44.8 Å². The van der Waals surface area contributed by atoms with Crippen LogP contribution in [0.3, 0.4) is 0 Å². The fourth-order valence-electron chi connectivity index (χ4n) is 4.48. The predicted octanol–water partition coefficient (Wildman–Crippen LogP) is 1.41. The average Bonchev–Trinajstić information content (AvgIpc) is 2.67. The molecule has 2 saturated heterocycles. The largest absolute Gasteiger partial charge is 0.376 e. The number of rotatable bonds is 2. The summed E-state index contributed by atoms with van der Waals surface area (Å²) in [6.45, 7) is 7.62. The summed E-state index contributed by atoms with van der Waals surface area (Å²) in [5.74, 6) is 0.281. The Morgan fingerprint density at radius 2 is 1.92 bits per heavy atom. The van der Waals surface area contributed by atoms with Gasteiger partial charge in [0.25, 0.3) is 0 Å². The van der Waals surface area contributed by atoms with Gasteiger partial charge in [-0.15, -0.1) is 0 Å². The monoisotopic (exact) mass is 343 g/mol. The first-order valence-electron chi connectivity index (χ1n) is 9.65. The molecule has 0 spiro atoms. The Morgan fingerprint density at radius 3 is 2.68 bits per heavy atom. The van der Waals surface area contributed by atoms with Crippen LogP contribution in [0, 0.1) is 0 Å². The van der Waals surface area contributed by atoms with Crippen LogP contribution in [0.15, 0.2) is 24.3 Å². The Kier molecular flexibility index (Phi) is 5.06. The van der Waals surface area contributed by atoms with E-state index in [4.69, 9.17) is 4.74 Å². The molecule has 0 saturated carbocycles. The lowest BCUT2D eigenvalue weighted by Gasteiger charge is -2.42. The van der Waals surface area contributed by atoms with Crippen molar-refractivity contribution in [2.24, 2.45) is 0 Å². The van der Waals surface area contributed by atoms with Gasteiger partial charge in [-0.05, 0) is 37.3 Å². The molecule has 0 bridgehead atoms. The Labute approximate surface area is 150 Å². The molecule has 3 aliphatic rings. The van der Waals surface area contributed by atoms with E-state index in [-0.39, 0.29) is 11.9 Å². The number of carbonyl (C=O) groups excluding carboxylic acids is 1. The summed E-state index contributed by atoms with van der Waals surface area (Å²) in [6.07, 6.45) is 3.32. The number of nitrogens with zero attached hydrogens (tertiary/aromatic N) is 2. The van der Waals surface area contributed by atoms with E-state index in [9.17, 15) is 4.79 Å². The van der Waals surface area contributed by atoms with Crippen LogP contribution in [0.25, 0.3) is 0 Å². The number of fused-ring (bicyclic) bond motifs is 1. The molecule has 136 valence electrons. The summed E-state index contributed by atoms with van der Waals surface area (Å²) >= 11 is 0. The molecule has 3 aliphatic heterocycles. The maximum absolute atomic E-state index is 12.9. The van der Waals surface area contributed by atoms with E-state index in [0.29, 0.717) is 12.1 Å². The molecule has 1 N–H and O–H groups in total. The highest BCUT2D eigenvalue weighted by molar-refractivity contribution is 5.82. The number of ether oxygens (including phenoxy) is 1. The second kappa shape index (κ2) is 7.44. The minimum atomic E-state index is -0.0603. The summed E-state index contributed by atoms with van der Waals surface area (Å²) in [5, 5.41) is 3.43. The van der Waals surface area contributed by atoms with E-state index in [1.54, 1.807) is 0 Å². The van der Waals surface area contributed by atoms with E-state index < -0.39 is 0 Å². The second-order valence-corrected chi connectivity index (χ2v) is 7.64. The Balaban J connectivity index is 1.31. The molecule has 1 amide bonds. The standard InChI is InChI=1S/C20H29N3O2/c1-15-14-23(10-11-25-15)18-6-8-22(9-7-18)20(24)19-12-16-4-2-3-5-17(16)13-21-19/h2-5,15,18-19,21H,6-14H2,1H3/t15-,19+/m1/s1. The molecule has 0 aromatic heterocycles. The lowest BCUT2D eigenvalue weighted by molar-refractivity contribution is -0.135. The minimum Gasteiger partial charge on any atom is -0.376 e. The number of carbonyl (C=O) groups is 1. The van der Waals surface area contributed by atoms with E-state index in [0.717, 1.165) is 58.6 Å². The number of amides is 1. The second-order valence-electron chi connectivity index (χ2n) is 7.64. The summed E-state index contributed by atoms with van der Waals surface area (Å²) in [5.41, 5.74) is 2.64. The first-order chi connectivity index (χ1) is 12.2. The van der Waals surface area contributed by atoms with Gasteiger partial charge < -0.3 is 15.0 Å². The number of hydrogen-bond acceptors (Lipinski definition) is 4. The van der Waals surface area contributed by atoms with Crippen molar-refractivity contribution in [3.63, 3.8) is 0 Å². The number of hydrogen-bond donors (Lipinski definition) is 1. The Hall–Kier alpha value is -1.43. The zero-order valence-electron chi connectivity index (χ0n) is 15.1. The van der Waals surface area contributed by atoms with Crippen molar-refractivity contribution in [2.45, 2.75) is 50.9 Å². The molecule has 0 radical (unpaired) electrons. The molecule has 5 nitrogen and oxygen atoms in total. The van der Waals surface area contributed by atoms with E-state index in [1.807, 2.05) is 0 Å². The molecule has 0 unspecified atom stereocenters. The van der Waals surface area contributed by atoms with E-state index in [2.05, 4.69) is 46.3 Å². The molecular weight excluding hydrogens is 314 g/mol. The van der Waals surface area contributed by atoms with Gasteiger partial charge in [0.2, 0.25) is 5.91 Å². The lowest BCUT2D eigenvalue weighted by atomic mass is 9.94. The van der Waals surface area contributed by atoms with Gasteiger partial charge in [-0.3, -0.25) is 9.69 Å². The van der Waals surface area contributed by atoms with Gasteiger partial charge in [0.1, 0.15) is 0 Å². The van der Waals surface area contributed by atoms with Crippen LogP contribution in [0.5, 0.6) is 0 Å². The molecule has 2 atom stereocenters. The van der Waals surface area contributed by atoms with Crippen LogP contribution < -0.4 is 5.32 Å². The van der Waals surface area contributed by atoms with Crippen molar-refractivity contribution in [1.29, 1.82) is 0 Å². The predicted molar refractivity (Wildman–Crippen MR) is 97.4 cm³/mol. The number of morpholine rings is 1. The quantitative estimate of drug-likeness (QED) is 0.882. The van der Waals surface area contributed by atoms with Gasteiger partial charge in [0.05, 0.1) is 18.8 Å². The third kappa shape index (κ3) is 3.73. The average molecular weight is 343 g/mol. The first-order valence-corrected chi connectivity index (χ1v) is 9.65. The number of benzene rings is 1. The van der Waals surface area contributed by atoms with Crippen LogP contribution in [0.2, 0.25) is 0 Å². The van der Waals surface area contributed by atoms with Gasteiger partial charge in [-0.1, -0.05) is 24.3 Å². The molecule has 3 heterocycles. The minimum absolute atomic E-state index is 0.0603. The summed E-state index contributed by atoms with van der Waals surface area (Å²) in [6, 6.07) is 8.99. The van der Waals surface area contributed by atoms with Crippen molar-refractivity contribution in [2.75, 3.05) is 32.8 Å². The molecule has 2 fully saturated rings. The molecule has 0 aliphatic carbocycles. The highest BCUT2D eigenvalue weighted by Crippen LogP contribution is 2.22. The van der Waals surface area contributed by atoms with Crippen LogP contribution in [-0.4, -0.2) is 66.7 Å². The first kappa shape index (κ1) is 17.0. The van der Waals surface area contributed by atoms with E-state index in [1.165, 1.54) is 11.1 Å². The molecule has 1 aromatic carbocycles. The van der Waals surface area contributed by atoms with Gasteiger partial charge in [-0.25, -0.2) is 0 Å². The van der Waals surface area contributed by atoms with Crippen LogP contribution in [0.1, 0.15) is 30.9 Å². The van der Waals surface area contributed by atoms with Gasteiger partial charge >= 0.3 is 0 Å². The lowest BCUT2D eigenvalue weighted by Crippen LogP contribution is -2.55. The molecule has 25 heavy (non-hydrogen) atoms. The molecule has 4 rings (SSSR count). The summed E-state index contributed by atoms with van der Waals surface area (Å²) in [4.78, 5) is 17.6. The Bertz CT molecular complexity index is 613. The summed E-state index contributed by atoms with van der Waals surface area (Å²) in [7, 11) is 0. The maximum Gasteiger partial charge on any atom is 0.240 e. The number of piperidine rings is 1. The maximum atomic E-state index is 12.9. The van der Waals surface area contributed by atoms with Crippen LogP contribution >= 0.6 is 0 Å². The Morgan fingerprint density at radius 1 is 1.16 bits per heavy atom. The zero-order chi connectivity index (χ0) is 17.2. The number of likely N-dealkylation sites (tertiary alicyclic amines) is 1. The number of nitrogens with one attached hydrogen (secondary N) is 1. The highest BCUT2D eigenvalue weighted by atomic mass is 16.5. The van der Waals surface area contributed by atoms with Crippen molar-refractivity contribution < 1.29 is 9.53 Å². The van der Waals surface area contributed by atoms with Crippen LogP contribution in [0.4, 0.5) is 0 Å². The summed E-state index contributed by atoms with van der Waals surface area (Å²) < 4.78 is 5.65. The van der Waals surface area contributed by atoms with E-state index >= 15 is 0 Å². The normalized spacial score (nSPS) is 28.6. The highest BCUT2D eigenvalue weighted by Gasteiger charge is 2.33. The fourth-order valence-corrected chi connectivity index (χ4v) is 4.48. The fraction of sp³-hybridized carbons (Fsp3) is 0.650. The zero-order valence-corrected chi connectivity index (χ0v) is 15.1. The van der Waals surface area contributed by atoms with Crippen LogP contribution in [-0.2, 0) is 22.5 Å². The third-order valence-corrected chi connectivity index (χ3v) is 5.94. The van der Waals surface area contributed by atoms with Gasteiger partial charge in [0, 0.05) is 38.8 Å². The molecule has 1 aromatic rings.